The zero-order valence-electron chi connectivity index (χ0n) is 9.16. The van der Waals surface area contributed by atoms with Gasteiger partial charge in [-0.25, -0.2) is 4.79 Å². The lowest BCUT2D eigenvalue weighted by Gasteiger charge is -2.03. The summed E-state index contributed by atoms with van der Waals surface area (Å²) in [5.41, 5.74) is 7.01. The Morgan fingerprint density at radius 2 is 2.13 bits per heavy atom. The van der Waals surface area contributed by atoms with Crippen LogP contribution in [0.2, 0.25) is 0 Å². The second-order valence-electron chi connectivity index (χ2n) is 3.57. The summed E-state index contributed by atoms with van der Waals surface area (Å²) in [5, 5.41) is 13.2. The molecule has 3 N–H and O–H groups in total. The van der Waals surface area contributed by atoms with Crippen molar-refractivity contribution in [1.29, 1.82) is 0 Å². The Labute approximate surface area is 88.9 Å². The van der Waals surface area contributed by atoms with Crippen LogP contribution >= 0.6 is 0 Å². The molecule has 15 heavy (non-hydrogen) atoms. The molecule has 1 aromatic heterocycles. The fourth-order valence-corrected chi connectivity index (χ4v) is 1.63. The molecule has 5 heteroatoms. The number of hydrogen-bond acceptors (Lipinski definition) is 3. The van der Waals surface area contributed by atoms with E-state index in [1.165, 1.54) is 0 Å². The molecule has 1 aromatic rings. The molecule has 0 bridgehead atoms. The minimum atomic E-state index is -0.907. The van der Waals surface area contributed by atoms with Gasteiger partial charge in [-0.3, -0.25) is 4.68 Å². The summed E-state index contributed by atoms with van der Waals surface area (Å²) in [6.07, 6.45) is 1.86. The van der Waals surface area contributed by atoms with Crippen molar-refractivity contribution in [2.24, 2.45) is 5.73 Å². The summed E-state index contributed by atoms with van der Waals surface area (Å²) < 4.78 is 1.74. The highest BCUT2D eigenvalue weighted by Gasteiger charge is 2.16. The van der Waals surface area contributed by atoms with Gasteiger partial charge in [0.2, 0.25) is 0 Å². The van der Waals surface area contributed by atoms with E-state index < -0.39 is 5.97 Å². The van der Waals surface area contributed by atoms with E-state index in [0.29, 0.717) is 17.8 Å². The van der Waals surface area contributed by atoms with Gasteiger partial charge in [0.15, 0.2) is 0 Å². The quantitative estimate of drug-likeness (QED) is 0.710. The molecule has 0 spiro atoms. The Kier molecular flexibility index (Phi) is 3.85. The highest BCUT2D eigenvalue weighted by molar-refractivity contribution is 5.90. The molecule has 0 aliphatic heterocycles. The average Bonchev–Trinajstić information content (AvgIpc) is 2.42. The average molecular weight is 211 g/mol. The number of rotatable bonds is 5. The molecular weight excluding hydrogens is 194 g/mol. The van der Waals surface area contributed by atoms with Crippen LogP contribution in [0.1, 0.15) is 34.6 Å². The third kappa shape index (κ3) is 2.56. The normalized spacial score (nSPS) is 10.6. The minimum absolute atomic E-state index is 0.322. The number of unbranched alkanes of at least 4 members (excludes halogenated alkanes) is 1. The summed E-state index contributed by atoms with van der Waals surface area (Å²) in [7, 11) is 0. The first-order valence-electron chi connectivity index (χ1n) is 5.05. The van der Waals surface area contributed by atoms with Crippen LogP contribution < -0.4 is 5.73 Å². The zero-order valence-corrected chi connectivity index (χ0v) is 9.16. The molecule has 0 radical (unpaired) electrons. The number of nitrogens with zero attached hydrogens (tertiary/aromatic N) is 2. The Bertz CT molecular complexity index is 358. The smallest absolute Gasteiger partial charge is 0.339 e. The molecule has 5 nitrogen and oxygen atoms in total. The van der Waals surface area contributed by atoms with Crippen molar-refractivity contribution in [1.82, 2.24) is 9.78 Å². The highest BCUT2D eigenvalue weighted by Crippen LogP contribution is 2.13. The third-order valence-corrected chi connectivity index (χ3v) is 2.42. The van der Waals surface area contributed by atoms with E-state index in [-0.39, 0.29) is 0 Å². The Morgan fingerprint density at radius 1 is 1.47 bits per heavy atom. The van der Waals surface area contributed by atoms with Gasteiger partial charge in [0.1, 0.15) is 5.56 Å². The monoisotopic (exact) mass is 211 g/mol. The highest BCUT2D eigenvalue weighted by atomic mass is 16.4. The van der Waals surface area contributed by atoms with Gasteiger partial charge >= 0.3 is 5.97 Å². The Balaban J connectivity index is 2.82. The maximum atomic E-state index is 10.9. The summed E-state index contributed by atoms with van der Waals surface area (Å²) >= 11 is 0. The third-order valence-electron chi connectivity index (χ3n) is 2.42. The predicted molar refractivity (Wildman–Crippen MR) is 56.9 cm³/mol. The van der Waals surface area contributed by atoms with Crippen LogP contribution in [0.3, 0.4) is 0 Å². The Hall–Kier alpha value is -1.36. The summed E-state index contributed by atoms with van der Waals surface area (Å²) in [6, 6.07) is 0. The fourth-order valence-electron chi connectivity index (χ4n) is 1.63. The van der Waals surface area contributed by atoms with E-state index >= 15 is 0 Å². The minimum Gasteiger partial charge on any atom is -0.478 e. The summed E-state index contributed by atoms with van der Waals surface area (Å²) in [5.74, 6) is -0.907. The van der Waals surface area contributed by atoms with Crippen molar-refractivity contribution in [3.63, 3.8) is 0 Å². The maximum absolute atomic E-state index is 10.9. The number of carbonyl (C=O) groups is 1. The van der Waals surface area contributed by atoms with Crippen LogP contribution in [0, 0.1) is 13.8 Å². The predicted octanol–water partition coefficient (Wildman–Crippen LogP) is 0.937. The first kappa shape index (κ1) is 11.7. The number of aromatic nitrogens is 2. The number of nitrogens with two attached hydrogens (primary N) is 1. The number of aromatic carboxylic acids is 1. The van der Waals surface area contributed by atoms with Crippen LogP contribution in [0.4, 0.5) is 0 Å². The Morgan fingerprint density at radius 3 is 2.60 bits per heavy atom. The van der Waals surface area contributed by atoms with Gasteiger partial charge in [0.05, 0.1) is 11.4 Å². The molecule has 0 aromatic carbocycles. The van der Waals surface area contributed by atoms with E-state index in [2.05, 4.69) is 5.10 Å². The molecule has 0 atom stereocenters. The van der Waals surface area contributed by atoms with Gasteiger partial charge in [0.25, 0.3) is 0 Å². The van der Waals surface area contributed by atoms with Gasteiger partial charge in [-0.2, -0.15) is 5.10 Å². The standard InChI is InChI=1S/C10H17N3O2/c1-7-9(10(14)15)8(2)13(12-7)6-4-3-5-11/h3-6,11H2,1-2H3,(H,14,15). The van der Waals surface area contributed by atoms with Crippen LogP contribution in [-0.4, -0.2) is 27.4 Å². The zero-order chi connectivity index (χ0) is 11.4. The van der Waals surface area contributed by atoms with E-state index in [1.54, 1.807) is 18.5 Å². The van der Waals surface area contributed by atoms with Gasteiger partial charge in [-0.15, -0.1) is 0 Å². The molecule has 1 heterocycles. The van der Waals surface area contributed by atoms with Crippen molar-refractivity contribution in [2.75, 3.05) is 6.54 Å². The number of hydrogen-bond donors (Lipinski definition) is 2. The first-order valence-corrected chi connectivity index (χ1v) is 5.05. The van der Waals surface area contributed by atoms with Crippen molar-refractivity contribution < 1.29 is 9.90 Å². The molecule has 1 rings (SSSR count). The molecule has 0 saturated heterocycles. The van der Waals surface area contributed by atoms with Crippen LogP contribution in [-0.2, 0) is 6.54 Å². The molecule has 84 valence electrons. The summed E-state index contributed by atoms with van der Waals surface area (Å²) in [6.45, 7) is 4.89. The first-order chi connectivity index (χ1) is 7.07. The van der Waals surface area contributed by atoms with Crippen molar-refractivity contribution in [3.8, 4) is 0 Å². The molecular formula is C10H17N3O2. The van der Waals surface area contributed by atoms with Crippen LogP contribution in [0.15, 0.2) is 0 Å². The number of carboxylic acids is 1. The maximum Gasteiger partial charge on any atom is 0.339 e. The van der Waals surface area contributed by atoms with Crippen molar-refractivity contribution >= 4 is 5.97 Å². The summed E-state index contributed by atoms with van der Waals surface area (Å²) in [4.78, 5) is 10.9. The van der Waals surface area contributed by atoms with Crippen LogP contribution in [0.25, 0.3) is 0 Å². The molecule has 0 aliphatic rings. The van der Waals surface area contributed by atoms with Crippen molar-refractivity contribution in [2.45, 2.75) is 33.2 Å². The van der Waals surface area contributed by atoms with E-state index in [4.69, 9.17) is 10.8 Å². The largest absolute Gasteiger partial charge is 0.478 e. The molecule has 0 amide bonds. The number of carboxylic acid groups (broad SMARTS) is 1. The SMILES string of the molecule is Cc1nn(CCCCN)c(C)c1C(=O)O. The van der Waals surface area contributed by atoms with Gasteiger partial charge in [-0.05, 0) is 33.2 Å². The van der Waals surface area contributed by atoms with Crippen molar-refractivity contribution in [3.05, 3.63) is 17.0 Å². The lowest BCUT2D eigenvalue weighted by molar-refractivity contribution is 0.0695. The van der Waals surface area contributed by atoms with E-state index in [1.807, 2.05) is 0 Å². The van der Waals surface area contributed by atoms with Gasteiger partial charge in [-0.1, -0.05) is 0 Å². The van der Waals surface area contributed by atoms with E-state index in [9.17, 15) is 4.79 Å². The van der Waals surface area contributed by atoms with Crippen LogP contribution in [0.5, 0.6) is 0 Å². The fraction of sp³-hybridized carbons (Fsp3) is 0.600. The lowest BCUT2D eigenvalue weighted by Crippen LogP contribution is -2.07. The molecule has 0 fully saturated rings. The molecule has 0 unspecified atom stereocenters. The second-order valence-corrected chi connectivity index (χ2v) is 3.57. The topological polar surface area (TPSA) is 81.1 Å². The molecule has 0 aliphatic carbocycles. The van der Waals surface area contributed by atoms with Gasteiger partial charge in [0, 0.05) is 6.54 Å². The second kappa shape index (κ2) is 4.93. The van der Waals surface area contributed by atoms with Gasteiger partial charge < -0.3 is 10.8 Å². The van der Waals surface area contributed by atoms with E-state index in [0.717, 1.165) is 25.1 Å². The number of aryl methyl sites for hydroxylation is 2. The molecule has 0 saturated carbocycles. The lowest BCUT2D eigenvalue weighted by atomic mass is 10.2.